The van der Waals surface area contributed by atoms with Crippen LogP contribution in [-0.2, 0) is 11.2 Å². The first-order chi connectivity index (χ1) is 7.90. The number of nitrogens with zero attached hydrogens (tertiary/aromatic N) is 2. The van der Waals surface area contributed by atoms with Gasteiger partial charge in [0.1, 0.15) is 0 Å². The Hall–Kier alpha value is -1.35. The molecule has 2 aliphatic heterocycles. The van der Waals surface area contributed by atoms with Crippen molar-refractivity contribution >= 4 is 11.8 Å². The zero-order chi connectivity index (χ0) is 10.5. The lowest BCUT2D eigenvalue weighted by Crippen LogP contribution is -2.37. The molecule has 3 nitrogen and oxygen atoms in total. The van der Waals surface area contributed by atoms with Gasteiger partial charge in [0.25, 0.3) is 0 Å². The molecule has 1 aromatic rings. The second-order valence-electron chi connectivity index (χ2n) is 4.83. The zero-order valence-corrected chi connectivity index (χ0v) is 9.10. The van der Waals surface area contributed by atoms with E-state index in [0.717, 1.165) is 19.6 Å². The van der Waals surface area contributed by atoms with Crippen molar-refractivity contribution in [3.63, 3.8) is 0 Å². The Labute approximate surface area is 94.7 Å². The van der Waals surface area contributed by atoms with E-state index in [0.29, 0.717) is 12.1 Å². The van der Waals surface area contributed by atoms with Crippen molar-refractivity contribution < 1.29 is 4.74 Å². The van der Waals surface area contributed by atoms with E-state index in [-0.39, 0.29) is 0 Å². The minimum atomic E-state index is 0.453. The number of allylic oxidation sites excluding steroid dienone is 1. The lowest BCUT2D eigenvalue weighted by molar-refractivity contribution is 0.0991. The first-order valence-corrected chi connectivity index (χ1v) is 5.94. The fraction of sp³-hybridized carbons (Fsp3) is 0.462. The molecule has 1 aliphatic carbocycles. The van der Waals surface area contributed by atoms with Gasteiger partial charge in [-0.3, -0.25) is 4.98 Å². The monoisotopic (exact) mass is 214 g/mol. The molecule has 3 heteroatoms. The van der Waals surface area contributed by atoms with Crippen molar-refractivity contribution in [3.8, 4) is 0 Å². The number of anilines is 1. The van der Waals surface area contributed by atoms with Crippen LogP contribution in [0.1, 0.15) is 17.7 Å². The molecular weight excluding hydrogens is 200 g/mol. The van der Waals surface area contributed by atoms with Crippen LogP contribution in [0, 0.1) is 0 Å². The van der Waals surface area contributed by atoms with Crippen LogP contribution in [-0.4, -0.2) is 30.3 Å². The summed E-state index contributed by atoms with van der Waals surface area (Å²) in [4.78, 5) is 6.99. The normalized spacial score (nSPS) is 30.1. The molecule has 0 N–H and O–H groups in total. The Balaban J connectivity index is 1.70. The maximum atomic E-state index is 5.62. The molecule has 4 rings (SSSR count). The fourth-order valence-corrected chi connectivity index (χ4v) is 2.98. The maximum Gasteiger partial charge on any atom is 0.0771 e. The van der Waals surface area contributed by atoms with Crippen molar-refractivity contribution in [2.45, 2.75) is 25.0 Å². The van der Waals surface area contributed by atoms with Gasteiger partial charge in [-0.2, -0.15) is 0 Å². The number of ether oxygens (including phenoxy) is 1. The third-order valence-corrected chi connectivity index (χ3v) is 3.83. The minimum absolute atomic E-state index is 0.453. The Bertz CT molecular complexity index is 469. The Morgan fingerprint density at radius 2 is 2.44 bits per heavy atom. The lowest BCUT2D eigenvalue weighted by Gasteiger charge is -2.28. The number of hydrogen-bond acceptors (Lipinski definition) is 3. The molecule has 2 unspecified atom stereocenters. The molecule has 0 amide bonds. The molecule has 0 saturated carbocycles. The first-order valence-electron chi connectivity index (χ1n) is 5.94. The summed E-state index contributed by atoms with van der Waals surface area (Å²) in [6, 6.07) is 2.85. The van der Waals surface area contributed by atoms with Crippen LogP contribution >= 0.6 is 0 Å². The lowest BCUT2D eigenvalue weighted by atomic mass is 10.2. The van der Waals surface area contributed by atoms with Crippen molar-refractivity contribution in [2.75, 3.05) is 18.1 Å². The van der Waals surface area contributed by atoms with Crippen LogP contribution < -0.4 is 4.90 Å². The smallest absolute Gasteiger partial charge is 0.0771 e. The highest BCUT2D eigenvalue weighted by molar-refractivity contribution is 5.63. The third-order valence-electron chi connectivity index (χ3n) is 3.83. The molecule has 3 heterocycles. The Morgan fingerprint density at radius 3 is 3.25 bits per heavy atom. The summed E-state index contributed by atoms with van der Waals surface area (Å²) in [7, 11) is 0. The largest absolute Gasteiger partial charge is 0.374 e. The van der Waals surface area contributed by atoms with E-state index in [1.165, 1.54) is 23.4 Å². The summed E-state index contributed by atoms with van der Waals surface area (Å²) in [5, 5.41) is 0. The zero-order valence-electron chi connectivity index (χ0n) is 9.10. The van der Waals surface area contributed by atoms with Crippen molar-refractivity contribution in [3.05, 3.63) is 29.6 Å². The van der Waals surface area contributed by atoms with Crippen LogP contribution in [0.3, 0.4) is 0 Å². The second kappa shape index (κ2) is 3.08. The Kier molecular flexibility index (Phi) is 1.68. The summed E-state index contributed by atoms with van der Waals surface area (Å²) >= 11 is 0. The molecule has 1 aromatic heterocycles. The van der Waals surface area contributed by atoms with Crippen LogP contribution in [0.25, 0.3) is 6.08 Å². The molecular formula is C13H14N2O. The number of aromatic nitrogens is 1. The number of pyridine rings is 1. The van der Waals surface area contributed by atoms with Crippen LogP contribution in [0.5, 0.6) is 0 Å². The highest BCUT2D eigenvalue weighted by Crippen LogP contribution is 2.33. The van der Waals surface area contributed by atoms with Crippen molar-refractivity contribution in [1.29, 1.82) is 0 Å². The minimum Gasteiger partial charge on any atom is -0.374 e. The fourth-order valence-electron chi connectivity index (χ4n) is 2.98. The molecule has 16 heavy (non-hydrogen) atoms. The van der Waals surface area contributed by atoms with E-state index in [1.807, 2.05) is 6.20 Å². The number of rotatable bonds is 1. The predicted octanol–water partition coefficient (Wildman–Crippen LogP) is 1.63. The van der Waals surface area contributed by atoms with E-state index < -0.39 is 0 Å². The van der Waals surface area contributed by atoms with Gasteiger partial charge in [-0.1, -0.05) is 12.2 Å². The van der Waals surface area contributed by atoms with E-state index in [2.05, 4.69) is 28.1 Å². The van der Waals surface area contributed by atoms with Gasteiger partial charge in [-0.15, -0.1) is 0 Å². The molecule has 3 aliphatic rings. The van der Waals surface area contributed by atoms with Gasteiger partial charge in [0.2, 0.25) is 0 Å². The third kappa shape index (κ3) is 1.15. The van der Waals surface area contributed by atoms with Gasteiger partial charge in [0, 0.05) is 13.0 Å². The molecule has 0 aromatic carbocycles. The molecule has 2 bridgehead atoms. The SMILES string of the molecule is C1=Cc2cc(N3CC4CC3CO4)cnc2C1. The first kappa shape index (κ1) is 8.76. The Morgan fingerprint density at radius 1 is 1.44 bits per heavy atom. The predicted molar refractivity (Wildman–Crippen MR) is 62.5 cm³/mol. The highest BCUT2D eigenvalue weighted by atomic mass is 16.5. The standard InChI is InChI=1S/C13H14N2O/c1-2-9-4-10(6-14-13(9)3-1)15-7-12-5-11(15)8-16-12/h1-2,4,6,11-12H,3,5,7-8H2. The van der Waals surface area contributed by atoms with Gasteiger partial charge in [-0.25, -0.2) is 0 Å². The number of hydrogen-bond donors (Lipinski definition) is 0. The molecule has 82 valence electrons. The summed E-state index contributed by atoms with van der Waals surface area (Å²) in [5.74, 6) is 0. The van der Waals surface area contributed by atoms with Crippen LogP contribution in [0.15, 0.2) is 18.3 Å². The van der Waals surface area contributed by atoms with Gasteiger partial charge in [0.05, 0.1) is 36.3 Å². The van der Waals surface area contributed by atoms with Gasteiger partial charge in [0.15, 0.2) is 0 Å². The van der Waals surface area contributed by atoms with Gasteiger partial charge < -0.3 is 9.64 Å². The van der Waals surface area contributed by atoms with Crippen molar-refractivity contribution in [1.82, 2.24) is 4.98 Å². The van der Waals surface area contributed by atoms with Gasteiger partial charge in [-0.05, 0) is 18.1 Å². The average molecular weight is 214 g/mol. The molecule has 0 spiro atoms. The highest BCUT2D eigenvalue weighted by Gasteiger charge is 2.39. The maximum absolute atomic E-state index is 5.62. The quantitative estimate of drug-likeness (QED) is 0.710. The van der Waals surface area contributed by atoms with Crippen LogP contribution in [0.2, 0.25) is 0 Å². The second-order valence-corrected chi connectivity index (χ2v) is 4.83. The molecule has 2 atom stereocenters. The van der Waals surface area contributed by atoms with E-state index in [1.54, 1.807) is 0 Å². The molecule has 2 saturated heterocycles. The van der Waals surface area contributed by atoms with Gasteiger partial charge >= 0.3 is 0 Å². The summed E-state index contributed by atoms with van der Waals surface area (Å²) in [6.07, 6.45) is 9.01. The van der Waals surface area contributed by atoms with E-state index in [9.17, 15) is 0 Å². The summed E-state index contributed by atoms with van der Waals surface area (Å²) in [6.45, 7) is 1.92. The molecule has 2 fully saturated rings. The number of morpholine rings is 1. The van der Waals surface area contributed by atoms with Crippen molar-refractivity contribution in [2.24, 2.45) is 0 Å². The summed E-state index contributed by atoms with van der Waals surface area (Å²) in [5.41, 5.74) is 3.77. The molecule has 0 radical (unpaired) electrons. The van der Waals surface area contributed by atoms with E-state index >= 15 is 0 Å². The van der Waals surface area contributed by atoms with Crippen LogP contribution in [0.4, 0.5) is 5.69 Å². The summed E-state index contributed by atoms with van der Waals surface area (Å²) < 4.78 is 5.62. The average Bonchev–Trinajstić information content (AvgIpc) is 3.03. The topological polar surface area (TPSA) is 25.4 Å². The number of fused-ring (bicyclic) bond motifs is 3. The van der Waals surface area contributed by atoms with E-state index in [4.69, 9.17) is 4.74 Å².